The van der Waals surface area contributed by atoms with E-state index in [9.17, 15) is 37.8 Å². The van der Waals surface area contributed by atoms with Crippen LogP contribution in [0.2, 0.25) is 0 Å². The summed E-state index contributed by atoms with van der Waals surface area (Å²) in [6, 6.07) is 0. The Morgan fingerprint density at radius 2 is 1.94 bits per heavy atom. The number of phosphoric acid groups is 3. The summed E-state index contributed by atoms with van der Waals surface area (Å²) >= 11 is 6.38. The third kappa shape index (κ3) is 5.74. The van der Waals surface area contributed by atoms with Gasteiger partial charge in [-0.05, 0) is 6.92 Å². The number of nitrogen functional groups attached to an aromatic ring is 1. The topological polar surface area (TPSA) is 266 Å². The van der Waals surface area contributed by atoms with Crippen molar-refractivity contribution in [3.63, 3.8) is 0 Å². The lowest BCUT2D eigenvalue weighted by atomic mass is 9.97. The molecule has 0 amide bonds. The number of aliphatic hydroxyl groups excluding tert-OH is 1. The van der Waals surface area contributed by atoms with E-state index in [1.165, 1.54) is 0 Å². The number of hydrogen-bond acceptors (Lipinski definition) is 11. The lowest BCUT2D eigenvalue weighted by Crippen LogP contribution is -2.43. The van der Waals surface area contributed by atoms with Crippen molar-refractivity contribution < 1.29 is 60.6 Å². The molecule has 1 aliphatic heterocycles. The average Bonchev–Trinajstić information content (AvgIpc) is 3.13. The molecule has 17 nitrogen and oxygen atoms in total. The van der Waals surface area contributed by atoms with Gasteiger partial charge in [-0.3, -0.25) is 18.9 Å². The van der Waals surface area contributed by atoms with Gasteiger partial charge in [0.1, 0.15) is 17.6 Å². The van der Waals surface area contributed by atoms with E-state index in [1.807, 2.05) is 5.92 Å². The highest BCUT2D eigenvalue weighted by molar-refractivity contribution is 7.66. The highest BCUT2D eigenvalue weighted by atomic mass is 35.5. The predicted octanol–water partition coefficient (Wildman–Crippen LogP) is 0.0468. The molecule has 2 aromatic rings. The molecule has 22 heteroatoms. The largest absolute Gasteiger partial charge is 0.490 e. The Morgan fingerprint density at radius 3 is 2.50 bits per heavy atom. The van der Waals surface area contributed by atoms with E-state index in [-0.39, 0.29) is 5.65 Å². The third-order valence-electron chi connectivity index (χ3n) is 4.69. The van der Waals surface area contributed by atoms with Gasteiger partial charge in [-0.1, -0.05) is 17.5 Å². The molecule has 1 fully saturated rings. The molecule has 1 aliphatic rings. The van der Waals surface area contributed by atoms with E-state index in [4.69, 9.17) is 38.3 Å². The van der Waals surface area contributed by atoms with Gasteiger partial charge in [0.25, 0.3) is 5.56 Å². The standard InChI is InChI=1S/C14H17ClFN4O13P3/c1-3-14(15)9(21)8(5(2)31-35(26,27)33-36(28,29)32-34(23,24)25)30-12(14)20-4-6(16)7-10(20)18-13(17)19-11(7)22/h1,4-5,8-9,12,21H,2H3,(H,26,27)(H,28,29)(H2,23,24,25)(H3,17,18,19,22)/t5-,8-,9+,12-,14?/m1/s1. The van der Waals surface area contributed by atoms with Crippen molar-refractivity contribution in [1.82, 2.24) is 14.5 Å². The SMILES string of the molecule is C#CC1(Cl)[C@@H](O)[C@@H]([C@@H](C)OP(=O)(O)OP(=O)(O)OP(=O)(O)O)O[C@H]1n1cc(F)c2c(=O)[nH]c(N)nc21. The van der Waals surface area contributed by atoms with Crippen LogP contribution in [0, 0.1) is 18.2 Å². The Morgan fingerprint density at radius 1 is 1.33 bits per heavy atom. The molecule has 3 unspecified atom stereocenters. The molecule has 0 aliphatic carbocycles. The molecule has 8 N–H and O–H groups in total. The van der Waals surface area contributed by atoms with Crippen LogP contribution in [0.25, 0.3) is 11.0 Å². The molecule has 3 rings (SSSR count). The van der Waals surface area contributed by atoms with Crippen LogP contribution < -0.4 is 11.3 Å². The number of aliphatic hydroxyl groups is 1. The molecule has 0 radical (unpaired) electrons. The van der Waals surface area contributed by atoms with E-state index in [1.54, 1.807) is 0 Å². The van der Waals surface area contributed by atoms with Gasteiger partial charge in [-0.15, -0.1) is 6.42 Å². The maximum atomic E-state index is 14.5. The second-order valence-electron chi connectivity index (χ2n) is 7.25. The second-order valence-corrected chi connectivity index (χ2v) is 12.2. The summed E-state index contributed by atoms with van der Waals surface area (Å²) in [4.78, 5) is 52.0. The molecule has 0 spiro atoms. The number of nitrogens with two attached hydrogens (primary N) is 1. The number of anilines is 1. The summed E-state index contributed by atoms with van der Waals surface area (Å²) in [5.41, 5.74) is 4.17. The van der Waals surface area contributed by atoms with E-state index in [0.29, 0.717) is 0 Å². The van der Waals surface area contributed by atoms with Gasteiger partial charge in [0.2, 0.25) is 5.95 Å². The fraction of sp³-hybridized carbons (Fsp3) is 0.429. The summed E-state index contributed by atoms with van der Waals surface area (Å²) in [6.45, 7) is 0.998. The van der Waals surface area contributed by atoms with Crippen molar-refractivity contribution in [2.24, 2.45) is 0 Å². The molecule has 0 bridgehead atoms. The van der Waals surface area contributed by atoms with Crippen molar-refractivity contribution in [2.75, 3.05) is 5.73 Å². The zero-order valence-corrected chi connectivity index (χ0v) is 21.0. The number of alkyl halides is 1. The Hall–Kier alpha value is -1.67. The number of terminal acetylenes is 1. The molecule has 0 saturated carbocycles. The number of fused-ring (bicyclic) bond motifs is 1. The highest BCUT2D eigenvalue weighted by Gasteiger charge is 2.58. The zero-order chi connectivity index (χ0) is 27.4. The maximum Gasteiger partial charge on any atom is 0.490 e. The van der Waals surface area contributed by atoms with Crippen LogP contribution in [0.3, 0.4) is 0 Å². The van der Waals surface area contributed by atoms with Crippen LogP contribution in [-0.2, 0) is 31.6 Å². The minimum atomic E-state index is -5.83. The number of hydrogen-bond donors (Lipinski definition) is 7. The van der Waals surface area contributed by atoms with Crippen LogP contribution in [0.15, 0.2) is 11.0 Å². The van der Waals surface area contributed by atoms with Crippen molar-refractivity contribution in [1.29, 1.82) is 0 Å². The number of rotatable bonds is 8. The van der Waals surface area contributed by atoms with E-state index in [0.717, 1.165) is 17.7 Å². The number of halogens is 2. The number of nitrogens with zero attached hydrogens (tertiary/aromatic N) is 2. The normalized spacial score (nSPS) is 28.9. The van der Waals surface area contributed by atoms with Gasteiger partial charge in [-0.25, -0.2) is 18.1 Å². The van der Waals surface area contributed by atoms with Crippen molar-refractivity contribution in [3.05, 3.63) is 22.4 Å². The number of nitrogens with one attached hydrogen (secondary N) is 1. The van der Waals surface area contributed by atoms with Crippen LogP contribution in [-0.4, -0.2) is 62.4 Å². The predicted molar refractivity (Wildman–Crippen MR) is 116 cm³/mol. The smallest absolute Gasteiger partial charge is 0.387 e. The van der Waals surface area contributed by atoms with Crippen LogP contribution in [0.5, 0.6) is 0 Å². The quantitative estimate of drug-likeness (QED) is 0.120. The molecule has 0 aromatic carbocycles. The zero-order valence-electron chi connectivity index (χ0n) is 17.5. The number of phosphoric ester groups is 1. The first kappa shape index (κ1) is 28.9. The van der Waals surface area contributed by atoms with E-state index in [2.05, 4.69) is 23.1 Å². The fourth-order valence-electron chi connectivity index (χ4n) is 3.38. The monoisotopic (exact) mass is 596 g/mol. The summed E-state index contributed by atoms with van der Waals surface area (Å²) in [5.74, 6) is 0.548. The van der Waals surface area contributed by atoms with Crippen molar-refractivity contribution in [2.45, 2.75) is 36.3 Å². The molecular formula is C14H17ClFN4O13P3. The number of H-pyrrole nitrogens is 1. The maximum absolute atomic E-state index is 14.5. The molecule has 36 heavy (non-hydrogen) atoms. The Bertz CT molecular complexity index is 1440. The summed E-state index contributed by atoms with van der Waals surface area (Å²) in [6.07, 6.45) is -0.886. The molecule has 2 aromatic heterocycles. The van der Waals surface area contributed by atoms with E-state index >= 15 is 0 Å². The van der Waals surface area contributed by atoms with E-state index < -0.39 is 75.6 Å². The van der Waals surface area contributed by atoms with Crippen molar-refractivity contribution >= 4 is 52.1 Å². The third-order valence-corrected chi connectivity index (χ3v) is 9.14. The van der Waals surface area contributed by atoms with Gasteiger partial charge in [0, 0.05) is 6.20 Å². The first-order valence-corrected chi connectivity index (χ1v) is 14.1. The minimum absolute atomic E-state index is 0.382. The van der Waals surface area contributed by atoms with Gasteiger partial charge in [0.15, 0.2) is 22.6 Å². The van der Waals surface area contributed by atoms with Gasteiger partial charge < -0.3 is 35.2 Å². The van der Waals surface area contributed by atoms with Gasteiger partial charge in [-0.2, -0.15) is 13.6 Å². The lowest BCUT2D eigenvalue weighted by molar-refractivity contribution is -0.0728. The molecular weight excluding hydrogens is 580 g/mol. The minimum Gasteiger partial charge on any atom is -0.387 e. The number of aromatic amines is 1. The highest BCUT2D eigenvalue weighted by Crippen LogP contribution is 2.66. The van der Waals surface area contributed by atoms with Gasteiger partial charge >= 0.3 is 23.5 Å². The van der Waals surface area contributed by atoms with Crippen LogP contribution in [0.4, 0.5) is 10.3 Å². The molecule has 7 atom stereocenters. The first-order chi connectivity index (χ1) is 16.3. The first-order valence-electron chi connectivity index (χ1n) is 9.18. The summed E-state index contributed by atoms with van der Waals surface area (Å²) in [5, 5.41) is 10.2. The van der Waals surface area contributed by atoms with Crippen molar-refractivity contribution in [3.8, 4) is 12.3 Å². The van der Waals surface area contributed by atoms with Gasteiger partial charge in [0.05, 0.1) is 6.10 Å². The molecule has 200 valence electrons. The molecule has 3 heterocycles. The Kier molecular flexibility index (Phi) is 7.68. The summed E-state index contributed by atoms with van der Waals surface area (Å²) in [7, 11) is -17.1. The number of aromatic nitrogens is 3. The Balaban J connectivity index is 1.93. The number of ether oxygens (including phenoxy) is 1. The lowest BCUT2D eigenvalue weighted by Gasteiger charge is -2.26. The Labute approximate surface area is 204 Å². The second kappa shape index (κ2) is 9.57. The average molecular weight is 597 g/mol. The van der Waals surface area contributed by atoms with Crippen LogP contribution >= 0.6 is 35.1 Å². The summed E-state index contributed by atoms with van der Waals surface area (Å²) < 4.78 is 67.2. The van der Waals surface area contributed by atoms with Crippen LogP contribution in [0.1, 0.15) is 13.2 Å². The molecule has 1 saturated heterocycles. The fourth-order valence-corrected chi connectivity index (χ4v) is 6.86.